The van der Waals surface area contributed by atoms with Crippen molar-refractivity contribution in [1.29, 1.82) is 0 Å². The Balaban J connectivity index is 1.90. The molecule has 0 saturated carbocycles. The van der Waals surface area contributed by atoms with Crippen molar-refractivity contribution in [2.24, 2.45) is 5.73 Å². The number of thiophene rings is 1. The first kappa shape index (κ1) is 20.8. The number of rotatable bonds is 5. The van der Waals surface area contributed by atoms with Gasteiger partial charge in [0.05, 0.1) is 33.3 Å². The van der Waals surface area contributed by atoms with Gasteiger partial charge in [0.2, 0.25) is 0 Å². The molecule has 11 heteroatoms. The average molecular weight is 453 g/mol. The predicted octanol–water partition coefficient (Wildman–Crippen LogP) is 3.89. The highest BCUT2D eigenvalue weighted by Crippen LogP contribution is 2.34. The average Bonchev–Trinajstić information content (AvgIpc) is 3.29. The number of benzene rings is 1. The van der Waals surface area contributed by atoms with Gasteiger partial charge in [-0.15, -0.1) is 11.3 Å². The first-order valence-corrected chi connectivity index (χ1v) is 9.63. The molecule has 29 heavy (non-hydrogen) atoms. The van der Waals surface area contributed by atoms with Crippen LogP contribution in [-0.2, 0) is 4.74 Å². The number of H-pyrrole nitrogens is 1. The Morgan fingerprint density at radius 1 is 1.21 bits per heavy atom. The smallest absolute Gasteiger partial charge is 0.341 e. The molecule has 0 fully saturated rings. The first-order valence-electron chi connectivity index (χ1n) is 8.06. The molecule has 0 bridgehead atoms. The number of halogens is 2. The number of aromatic nitrogens is 2. The van der Waals surface area contributed by atoms with Crippen LogP contribution in [0.3, 0.4) is 0 Å². The summed E-state index contributed by atoms with van der Waals surface area (Å²) in [6.07, 6.45) is 0. The second-order valence-corrected chi connectivity index (χ2v) is 7.70. The number of nitrogens with zero attached hydrogens (tertiary/aromatic N) is 1. The number of nitrogens with two attached hydrogens (primary N) is 1. The molecule has 1 aromatic carbocycles. The van der Waals surface area contributed by atoms with Gasteiger partial charge in [-0.05, 0) is 30.7 Å². The number of primary amides is 1. The third-order valence-electron chi connectivity index (χ3n) is 4.03. The lowest BCUT2D eigenvalue weighted by Gasteiger charge is -2.04. The van der Waals surface area contributed by atoms with E-state index < -0.39 is 17.8 Å². The number of hydrogen-bond acceptors (Lipinski definition) is 6. The van der Waals surface area contributed by atoms with E-state index in [9.17, 15) is 14.4 Å². The quantitative estimate of drug-likeness (QED) is 0.505. The van der Waals surface area contributed by atoms with E-state index in [1.807, 2.05) is 0 Å². The number of anilines is 1. The van der Waals surface area contributed by atoms with E-state index in [0.717, 1.165) is 11.3 Å². The van der Waals surface area contributed by atoms with Gasteiger partial charge < -0.3 is 15.8 Å². The predicted molar refractivity (Wildman–Crippen MR) is 111 cm³/mol. The zero-order chi connectivity index (χ0) is 21.3. The van der Waals surface area contributed by atoms with E-state index in [4.69, 9.17) is 33.7 Å². The number of amides is 2. The van der Waals surface area contributed by atoms with Gasteiger partial charge in [-0.3, -0.25) is 14.7 Å². The lowest BCUT2D eigenvalue weighted by molar-refractivity contribution is 0.0601. The van der Waals surface area contributed by atoms with Crippen LogP contribution in [0, 0.1) is 6.92 Å². The van der Waals surface area contributed by atoms with Crippen molar-refractivity contribution in [3.05, 3.63) is 56.0 Å². The maximum absolute atomic E-state index is 12.6. The van der Waals surface area contributed by atoms with E-state index in [1.165, 1.54) is 13.2 Å². The number of ether oxygens (including phenoxy) is 1. The molecule has 2 heterocycles. The summed E-state index contributed by atoms with van der Waals surface area (Å²) >= 11 is 12.8. The Kier molecular flexibility index (Phi) is 5.92. The second-order valence-electron chi connectivity index (χ2n) is 5.87. The van der Waals surface area contributed by atoms with Crippen LogP contribution < -0.4 is 11.1 Å². The van der Waals surface area contributed by atoms with Gasteiger partial charge in [0.25, 0.3) is 11.8 Å². The van der Waals surface area contributed by atoms with Crippen LogP contribution in [0.25, 0.3) is 11.3 Å². The summed E-state index contributed by atoms with van der Waals surface area (Å²) in [6, 6.07) is 6.47. The van der Waals surface area contributed by atoms with Gasteiger partial charge in [0.15, 0.2) is 0 Å². The minimum absolute atomic E-state index is 0.0730. The maximum Gasteiger partial charge on any atom is 0.341 e. The Morgan fingerprint density at radius 3 is 2.55 bits per heavy atom. The standard InChI is InChI=1S/C18H14Cl2N4O4S/c1-7-13(18(27)28-2)17(29-14(7)15(21)25)22-16(26)12-6-11(23-24-12)8-3-4-9(19)10(20)5-8/h3-6H,1-2H3,(H2,21,25)(H,22,26)(H,23,24). The molecule has 3 rings (SSSR count). The van der Waals surface area contributed by atoms with Crippen molar-refractivity contribution in [1.82, 2.24) is 10.2 Å². The Morgan fingerprint density at radius 2 is 1.93 bits per heavy atom. The normalized spacial score (nSPS) is 10.6. The summed E-state index contributed by atoms with van der Waals surface area (Å²) in [5.74, 6) is -1.96. The zero-order valence-electron chi connectivity index (χ0n) is 15.1. The molecule has 2 amide bonds. The molecule has 0 aliphatic carbocycles. The molecule has 0 atom stereocenters. The van der Waals surface area contributed by atoms with Gasteiger partial charge in [0, 0.05) is 5.56 Å². The summed E-state index contributed by atoms with van der Waals surface area (Å²) in [5.41, 5.74) is 7.02. The number of aromatic amines is 1. The van der Waals surface area contributed by atoms with E-state index in [0.29, 0.717) is 26.9 Å². The molecule has 8 nitrogen and oxygen atoms in total. The third kappa shape index (κ3) is 4.12. The highest BCUT2D eigenvalue weighted by Gasteiger charge is 2.26. The van der Waals surface area contributed by atoms with E-state index >= 15 is 0 Å². The van der Waals surface area contributed by atoms with Crippen molar-refractivity contribution in [3.8, 4) is 11.3 Å². The number of nitrogens with one attached hydrogen (secondary N) is 2. The van der Waals surface area contributed by atoms with Gasteiger partial charge in [0.1, 0.15) is 10.7 Å². The molecule has 0 unspecified atom stereocenters. The summed E-state index contributed by atoms with van der Waals surface area (Å²) in [5, 5.41) is 10.2. The van der Waals surface area contributed by atoms with Crippen molar-refractivity contribution < 1.29 is 19.1 Å². The summed E-state index contributed by atoms with van der Waals surface area (Å²) in [6.45, 7) is 1.55. The molecule has 2 aromatic heterocycles. The highest BCUT2D eigenvalue weighted by molar-refractivity contribution is 7.18. The monoisotopic (exact) mass is 452 g/mol. The third-order valence-corrected chi connectivity index (χ3v) is 5.99. The Bertz CT molecular complexity index is 1140. The first-order chi connectivity index (χ1) is 13.7. The Hall–Kier alpha value is -2.88. The van der Waals surface area contributed by atoms with Crippen LogP contribution >= 0.6 is 34.5 Å². The molecule has 3 aromatic rings. The lowest BCUT2D eigenvalue weighted by Crippen LogP contribution is -2.14. The molecular weight excluding hydrogens is 439 g/mol. The molecule has 4 N–H and O–H groups in total. The number of methoxy groups -OCH3 is 1. The fourth-order valence-corrected chi connectivity index (χ4v) is 3.94. The van der Waals surface area contributed by atoms with E-state index in [1.54, 1.807) is 25.1 Å². The minimum Gasteiger partial charge on any atom is -0.465 e. The van der Waals surface area contributed by atoms with E-state index in [-0.39, 0.29) is 21.1 Å². The topological polar surface area (TPSA) is 127 Å². The van der Waals surface area contributed by atoms with E-state index in [2.05, 4.69) is 15.5 Å². The summed E-state index contributed by atoms with van der Waals surface area (Å²) in [4.78, 5) is 36.5. The fourth-order valence-electron chi connectivity index (χ4n) is 2.60. The van der Waals surface area contributed by atoms with Gasteiger partial charge in [-0.2, -0.15) is 5.10 Å². The van der Waals surface area contributed by atoms with Gasteiger partial charge in [-0.1, -0.05) is 29.3 Å². The van der Waals surface area contributed by atoms with Gasteiger partial charge >= 0.3 is 5.97 Å². The van der Waals surface area contributed by atoms with Crippen molar-refractivity contribution in [3.63, 3.8) is 0 Å². The summed E-state index contributed by atoms with van der Waals surface area (Å²) in [7, 11) is 1.20. The van der Waals surface area contributed by atoms with Crippen LogP contribution in [0.1, 0.15) is 36.1 Å². The SMILES string of the molecule is COC(=O)c1c(NC(=O)c2cc(-c3ccc(Cl)c(Cl)c3)n[nH]2)sc(C(N)=O)c1C. The molecule has 0 spiro atoms. The van der Waals surface area contributed by atoms with Crippen LogP contribution in [0.5, 0.6) is 0 Å². The Labute approximate surface area is 179 Å². The van der Waals surface area contributed by atoms with Crippen LogP contribution in [-0.4, -0.2) is 35.1 Å². The van der Waals surface area contributed by atoms with Crippen LogP contribution in [0.2, 0.25) is 10.0 Å². The molecular formula is C18H14Cl2N4O4S. The van der Waals surface area contributed by atoms with Crippen LogP contribution in [0.15, 0.2) is 24.3 Å². The van der Waals surface area contributed by atoms with Crippen LogP contribution in [0.4, 0.5) is 5.00 Å². The largest absolute Gasteiger partial charge is 0.465 e. The number of carbonyl (C=O) groups excluding carboxylic acids is 3. The van der Waals surface area contributed by atoms with Crippen molar-refractivity contribution in [2.75, 3.05) is 12.4 Å². The fraction of sp³-hybridized carbons (Fsp3) is 0.111. The van der Waals surface area contributed by atoms with Crippen molar-refractivity contribution >= 4 is 57.3 Å². The molecule has 0 aliphatic rings. The lowest BCUT2D eigenvalue weighted by atomic mass is 10.1. The maximum atomic E-state index is 12.6. The number of esters is 1. The number of carbonyl (C=O) groups is 3. The zero-order valence-corrected chi connectivity index (χ0v) is 17.5. The van der Waals surface area contributed by atoms with Gasteiger partial charge in [-0.25, -0.2) is 4.79 Å². The highest BCUT2D eigenvalue weighted by atomic mass is 35.5. The molecule has 150 valence electrons. The number of hydrogen-bond donors (Lipinski definition) is 3. The molecule has 0 saturated heterocycles. The van der Waals surface area contributed by atoms with Crippen molar-refractivity contribution in [2.45, 2.75) is 6.92 Å². The minimum atomic E-state index is -0.707. The molecule has 0 aliphatic heterocycles. The second kappa shape index (κ2) is 8.24. The summed E-state index contributed by atoms with van der Waals surface area (Å²) < 4.78 is 4.74. The molecule has 0 radical (unpaired) electrons.